The van der Waals surface area contributed by atoms with E-state index in [1.54, 1.807) is 13.2 Å². The highest BCUT2D eigenvalue weighted by atomic mass is 79.9. The number of carbonyl (C=O) groups is 1. The molecular formula is C20H20BrNO2. The number of amides is 1. The summed E-state index contributed by atoms with van der Waals surface area (Å²) in [6.45, 7) is 0.804. The van der Waals surface area contributed by atoms with Crippen LogP contribution in [0.4, 0.5) is 0 Å². The van der Waals surface area contributed by atoms with E-state index in [0.717, 1.165) is 40.7 Å². The zero-order valence-corrected chi connectivity index (χ0v) is 15.2. The molecule has 1 aliphatic rings. The Hall–Kier alpha value is -2.07. The molecule has 0 radical (unpaired) electrons. The molecule has 24 heavy (non-hydrogen) atoms. The third-order valence-corrected chi connectivity index (χ3v) is 4.80. The number of benzene rings is 2. The first-order valence-corrected chi connectivity index (χ1v) is 8.85. The minimum Gasteiger partial charge on any atom is -0.497 e. The van der Waals surface area contributed by atoms with Crippen LogP contribution in [0.25, 0.3) is 6.08 Å². The molecule has 2 aromatic rings. The fourth-order valence-corrected chi connectivity index (χ4v) is 3.49. The van der Waals surface area contributed by atoms with E-state index in [9.17, 15) is 4.79 Å². The molecule has 4 heteroatoms. The van der Waals surface area contributed by atoms with Crippen LogP contribution in [-0.2, 0) is 4.79 Å². The molecule has 3 rings (SSSR count). The predicted molar refractivity (Wildman–Crippen MR) is 99.9 cm³/mol. The lowest BCUT2D eigenvalue weighted by atomic mass is 10.0. The first-order chi connectivity index (χ1) is 11.7. The molecule has 0 spiro atoms. The van der Waals surface area contributed by atoms with E-state index < -0.39 is 0 Å². The molecule has 124 valence electrons. The van der Waals surface area contributed by atoms with Gasteiger partial charge in [-0.2, -0.15) is 0 Å². The second kappa shape index (κ2) is 7.67. The monoisotopic (exact) mass is 385 g/mol. The SMILES string of the molecule is COc1ccc([C@H]2CCCN2C(=O)/C=C/c2cccc(Br)c2)cc1. The molecule has 1 atom stereocenters. The summed E-state index contributed by atoms with van der Waals surface area (Å²) in [6.07, 6.45) is 5.58. The quantitative estimate of drug-likeness (QED) is 0.705. The topological polar surface area (TPSA) is 29.5 Å². The molecule has 0 aliphatic carbocycles. The molecule has 0 unspecified atom stereocenters. The number of hydrogen-bond acceptors (Lipinski definition) is 2. The lowest BCUT2D eigenvalue weighted by Gasteiger charge is -2.24. The summed E-state index contributed by atoms with van der Waals surface area (Å²) < 4.78 is 6.22. The van der Waals surface area contributed by atoms with Gasteiger partial charge in [0.1, 0.15) is 5.75 Å². The molecule has 1 amide bonds. The fourth-order valence-electron chi connectivity index (χ4n) is 3.08. The van der Waals surface area contributed by atoms with Gasteiger partial charge in [-0.3, -0.25) is 4.79 Å². The largest absolute Gasteiger partial charge is 0.497 e. The summed E-state index contributed by atoms with van der Waals surface area (Å²) in [6, 6.07) is 16.1. The van der Waals surface area contributed by atoms with Gasteiger partial charge in [-0.05, 0) is 54.3 Å². The summed E-state index contributed by atoms with van der Waals surface area (Å²) in [5, 5.41) is 0. The highest BCUT2D eigenvalue weighted by molar-refractivity contribution is 9.10. The number of carbonyl (C=O) groups excluding carboxylic acids is 1. The summed E-state index contributed by atoms with van der Waals surface area (Å²) in [5.41, 5.74) is 2.18. The molecule has 0 N–H and O–H groups in total. The van der Waals surface area contributed by atoms with E-state index in [0.29, 0.717) is 0 Å². The molecule has 1 heterocycles. The Labute approximate surface area is 151 Å². The molecule has 1 saturated heterocycles. The van der Waals surface area contributed by atoms with Crippen LogP contribution in [0, 0.1) is 0 Å². The third kappa shape index (κ3) is 3.88. The number of nitrogens with zero attached hydrogens (tertiary/aromatic N) is 1. The molecule has 0 saturated carbocycles. The van der Waals surface area contributed by atoms with E-state index in [4.69, 9.17) is 4.74 Å². The molecule has 1 fully saturated rings. The highest BCUT2D eigenvalue weighted by Gasteiger charge is 2.28. The van der Waals surface area contributed by atoms with Gasteiger partial charge in [0.15, 0.2) is 0 Å². The number of likely N-dealkylation sites (tertiary alicyclic amines) is 1. The van der Waals surface area contributed by atoms with Gasteiger partial charge in [0.2, 0.25) is 5.91 Å². The van der Waals surface area contributed by atoms with Gasteiger partial charge >= 0.3 is 0 Å². The van der Waals surface area contributed by atoms with Crippen LogP contribution in [0.2, 0.25) is 0 Å². The summed E-state index contributed by atoms with van der Waals surface area (Å²) in [4.78, 5) is 14.6. The van der Waals surface area contributed by atoms with E-state index in [2.05, 4.69) is 15.9 Å². The standard InChI is InChI=1S/C20H20BrNO2/c1-24-18-10-8-16(9-11-18)19-6-3-13-22(19)20(23)12-7-15-4-2-5-17(21)14-15/h2,4-5,7-12,14,19H,3,6,13H2,1H3/b12-7+/t19-/m1/s1. The lowest BCUT2D eigenvalue weighted by molar-refractivity contribution is -0.126. The van der Waals surface area contributed by atoms with Crippen LogP contribution in [0.15, 0.2) is 59.1 Å². The Morgan fingerprint density at radius 1 is 1.25 bits per heavy atom. The lowest BCUT2D eigenvalue weighted by Crippen LogP contribution is -2.28. The summed E-state index contributed by atoms with van der Waals surface area (Å²) in [5.74, 6) is 0.900. The molecule has 2 aromatic carbocycles. The van der Waals surface area contributed by atoms with Gasteiger partial charge in [-0.25, -0.2) is 0 Å². The zero-order chi connectivity index (χ0) is 16.9. The number of ether oxygens (including phenoxy) is 1. The van der Waals surface area contributed by atoms with Crippen molar-refractivity contribution < 1.29 is 9.53 Å². The Morgan fingerprint density at radius 3 is 2.75 bits per heavy atom. The van der Waals surface area contributed by atoms with E-state index in [1.165, 1.54) is 0 Å². The third-order valence-electron chi connectivity index (χ3n) is 4.30. The Bertz CT molecular complexity index is 740. The fraction of sp³-hybridized carbons (Fsp3) is 0.250. The maximum absolute atomic E-state index is 12.6. The molecule has 0 aromatic heterocycles. The number of hydrogen-bond donors (Lipinski definition) is 0. The van der Waals surface area contributed by atoms with Crippen molar-refractivity contribution in [2.75, 3.05) is 13.7 Å². The van der Waals surface area contributed by atoms with Crippen LogP contribution in [-0.4, -0.2) is 24.5 Å². The van der Waals surface area contributed by atoms with Crippen LogP contribution in [0.1, 0.15) is 30.0 Å². The van der Waals surface area contributed by atoms with Crippen LogP contribution < -0.4 is 4.74 Å². The number of rotatable bonds is 4. The minimum absolute atomic E-state index is 0.0632. The van der Waals surface area contributed by atoms with Crippen molar-refractivity contribution in [3.8, 4) is 5.75 Å². The Kier molecular flexibility index (Phi) is 5.36. The average Bonchev–Trinajstić information content (AvgIpc) is 3.09. The Balaban J connectivity index is 1.73. The van der Waals surface area contributed by atoms with E-state index in [1.807, 2.05) is 59.5 Å². The number of halogens is 1. The molecule has 1 aliphatic heterocycles. The number of methoxy groups -OCH3 is 1. The van der Waals surface area contributed by atoms with Gasteiger partial charge in [0.05, 0.1) is 13.2 Å². The first-order valence-electron chi connectivity index (χ1n) is 8.05. The van der Waals surface area contributed by atoms with Gasteiger partial charge in [-0.15, -0.1) is 0 Å². The van der Waals surface area contributed by atoms with Crippen LogP contribution in [0.5, 0.6) is 5.75 Å². The van der Waals surface area contributed by atoms with Crippen molar-refractivity contribution in [2.45, 2.75) is 18.9 Å². The first kappa shape index (κ1) is 16.8. The summed E-state index contributed by atoms with van der Waals surface area (Å²) in [7, 11) is 1.66. The van der Waals surface area contributed by atoms with E-state index in [-0.39, 0.29) is 11.9 Å². The van der Waals surface area contributed by atoms with Crippen molar-refractivity contribution in [2.24, 2.45) is 0 Å². The normalized spacial score (nSPS) is 17.4. The molecule has 0 bridgehead atoms. The van der Waals surface area contributed by atoms with Gasteiger partial charge in [0, 0.05) is 17.1 Å². The zero-order valence-electron chi connectivity index (χ0n) is 13.6. The maximum atomic E-state index is 12.6. The van der Waals surface area contributed by atoms with Crippen molar-refractivity contribution in [3.63, 3.8) is 0 Å². The highest BCUT2D eigenvalue weighted by Crippen LogP contribution is 2.33. The van der Waals surface area contributed by atoms with Gasteiger partial charge in [0.25, 0.3) is 0 Å². The molecule has 3 nitrogen and oxygen atoms in total. The molecular weight excluding hydrogens is 366 g/mol. The van der Waals surface area contributed by atoms with E-state index >= 15 is 0 Å². The van der Waals surface area contributed by atoms with Gasteiger partial charge < -0.3 is 9.64 Å². The van der Waals surface area contributed by atoms with Crippen molar-refractivity contribution in [1.29, 1.82) is 0 Å². The Morgan fingerprint density at radius 2 is 2.04 bits per heavy atom. The minimum atomic E-state index is 0.0632. The second-order valence-electron chi connectivity index (χ2n) is 5.85. The second-order valence-corrected chi connectivity index (χ2v) is 6.77. The van der Waals surface area contributed by atoms with Gasteiger partial charge in [-0.1, -0.05) is 40.2 Å². The van der Waals surface area contributed by atoms with Crippen molar-refractivity contribution in [1.82, 2.24) is 4.90 Å². The van der Waals surface area contributed by atoms with Crippen molar-refractivity contribution >= 4 is 27.9 Å². The van der Waals surface area contributed by atoms with Crippen LogP contribution >= 0.6 is 15.9 Å². The average molecular weight is 386 g/mol. The summed E-state index contributed by atoms with van der Waals surface area (Å²) >= 11 is 3.45. The predicted octanol–water partition coefficient (Wildman–Crippen LogP) is 4.83. The smallest absolute Gasteiger partial charge is 0.247 e. The van der Waals surface area contributed by atoms with Crippen LogP contribution in [0.3, 0.4) is 0 Å². The maximum Gasteiger partial charge on any atom is 0.247 e. The van der Waals surface area contributed by atoms with Crippen molar-refractivity contribution in [3.05, 3.63) is 70.2 Å².